The second-order valence-electron chi connectivity index (χ2n) is 9.48. The minimum absolute atomic E-state index is 0.0236. The maximum absolute atomic E-state index is 13.1. The molecule has 37 heavy (non-hydrogen) atoms. The topological polar surface area (TPSA) is 59.8 Å². The molecule has 0 bridgehead atoms. The quantitative estimate of drug-likeness (QED) is 0.240. The number of carbonyl (C=O) groups is 1. The smallest absolute Gasteiger partial charge is 0.230 e. The van der Waals surface area contributed by atoms with Crippen molar-refractivity contribution in [2.24, 2.45) is 0 Å². The minimum Gasteiger partial charge on any atom is -0.349 e. The van der Waals surface area contributed by atoms with Gasteiger partial charge in [0.25, 0.3) is 0 Å². The highest BCUT2D eigenvalue weighted by Gasteiger charge is 2.24. The van der Waals surface area contributed by atoms with Crippen molar-refractivity contribution in [3.8, 4) is 17.1 Å². The monoisotopic (exact) mass is 550 g/mol. The van der Waals surface area contributed by atoms with Gasteiger partial charge >= 0.3 is 0 Å². The van der Waals surface area contributed by atoms with Crippen LogP contribution >= 0.6 is 35.0 Å². The van der Waals surface area contributed by atoms with Crippen molar-refractivity contribution in [2.75, 3.05) is 5.75 Å². The van der Waals surface area contributed by atoms with E-state index in [4.69, 9.17) is 23.2 Å². The second kappa shape index (κ2) is 11.3. The van der Waals surface area contributed by atoms with Crippen LogP contribution < -0.4 is 5.32 Å². The standard InChI is InChI=1S/C29H28Cl2N4OS/c1-18(2)21-10-5-6-13-26(21)35-28(23-15-14-20(30)16-24(23)31)33-34-29(35)37-17-27(36)32-25-12-7-9-19-8-3-4-11-22(19)25/h3-6,8,10-11,13-16,18,25H,7,9,12,17H2,1-2H3,(H,32,36). The number of aromatic nitrogens is 3. The minimum atomic E-state index is -0.0236. The van der Waals surface area contributed by atoms with Crippen molar-refractivity contribution in [3.05, 3.63) is 93.5 Å². The van der Waals surface area contributed by atoms with Crippen LogP contribution in [0.2, 0.25) is 10.0 Å². The summed E-state index contributed by atoms with van der Waals surface area (Å²) >= 11 is 14.1. The van der Waals surface area contributed by atoms with Crippen LogP contribution in [0.25, 0.3) is 17.1 Å². The van der Waals surface area contributed by atoms with Gasteiger partial charge in [-0.05, 0) is 66.1 Å². The number of nitrogens with zero attached hydrogens (tertiary/aromatic N) is 3. The van der Waals surface area contributed by atoms with Gasteiger partial charge in [0.2, 0.25) is 5.91 Å². The van der Waals surface area contributed by atoms with Crippen molar-refractivity contribution < 1.29 is 4.79 Å². The molecule has 0 saturated heterocycles. The maximum atomic E-state index is 13.1. The summed E-state index contributed by atoms with van der Waals surface area (Å²) in [5.41, 5.74) is 5.39. The molecule has 1 heterocycles. The molecule has 0 radical (unpaired) electrons. The summed E-state index contributed by atoms with van der Waals surface area (Å²) in [4.78, 5) is 13.1. The fraction of sp³-hybridized carbons (Fsp3) is 0.276. The zero-order chi connectivity index (χ0) is 25.9. The Hall–Kier alpha value is -2.80. The summed E-state index contributed by atoms with van der Waals surface area (Å²) in [7, 11) is 0. The molecule has 1 amide bonds. The Morgan fingerprint density at radius 3 is 2.68 bits per heavy atom. The van der Waals surface area contributed by atoms with Gasteiger partial charge in [-0.2, -0.15) is 0 Å². The molecule has 1 atom stereocenters. The zero-order valence-electron chi connectivity index (χ0n) is 20.7. The molecular weight excluding hydrogens is 523 g/mol. The van der Waals surface area contributed by atoms with Crippen LogP contribution in [0.1, 0.15) is 55.3 Å². The number of nitrogens with one attached hydrogen (secondary N) is 1. The molecular formula is C29H28Cl2N4OS. The molecule has 1 aliphatic rings. The van der Waals surface area contributed by atoms with E-state index in [2.05, 4.69) is 59.7 Å². The third-order valence-electron chi connectivity index (χ3n) is 6.64. The first kappa shape index (κ1) is 25.8. The number of benzene rings is 3. The van der Waals surface area contributed by atoms with Gasteiger partial charge in [-0.1, -0.05) is 91.3 Å². The highest BCUT2D eigenvalue weighted by atomic mass is 35.5. The summed E-state index contributed by atoms with van der Waals surface area (Å²) in [5, 5.41) is 13.9. The molecule has 0 fully saturated rings. The molecule has 5 rings (SSSR count). The Morgan fingerprint density at radius 2 is 1.86 bits per heavy atom. The van der Waals surface area contributed by atoms with Gasteiger partial charge in [-0.15, -0.1) is 10.2 Å². The number of halogens is 2. The predicted molar refractivity (Wildman–Crippen MR) is 152 cm³/mol. The van der Waals surface area contributed by atoms with Gasteiger partial charge in [0.05, 0.1) is 22.5 Å². The van der Waals surface area contributed by atoms with Crippen molar-refractivity contribution >= 4 is 40.9 Å². The summed E-state index contributed by atoms with van der Waals surface area (Å²) in [6.45, 7) is 4.31. The first-order valence-electron chi connectivity index (χ1n) is 12.4. The van der Waals surface area contributed by atoms with Gasteiger partial charge < -0.3 is 5.32 Å². The van der Waals surface area contributed by atoms with Crippen molar-refractivity contribution in [2.45, 2.75) is 50.2 Å². The molecule has 8 heteroatoms. The van der Waals surface area contributed by atoms with E-state index < -0.39 is 0 Å². The van der Waals surface area contributed by atoms with Crippen LogP contribution in [0.5, 0.6) is 0 Å². The molecule has 0 aliphatic heterocycles. The van der Waals surface area contributed by atoms with E-state index in [1.54, 1.807) is 12.1 Å². The largest absolute Gasteiger partial charge is 0.349 e. The summed E-state index contributed by atoms with van der Waals surface area (Å²) in [6.07, 6.45) is 3.08. The van der Waals surface area contributed by atoms with Gasteiger partial charge in [-0.25, -0.2) is 0 Å². The number of fused-ring (bicyclic) bond motifs is 1. The van der Waals surface area contributed by atoms with Gasteiger partial charge in [0.1, 0.15) is 0 Å². The summed E-state index contributed by atoms with van der Waals surface area (Å²) in [6, 6.07) is 21.9. The third kappa shape index (κ3) is 5.57. The fourth-order valence-corrected chi connectivity index (χ4v) is 6.12. The Morgan fingerprint density at radius 1 is 1.08 bits per heavy atom. The zero-order valence-corrected chi connectivity index (χ0v) is 23.1. The summed E-state index contributed by atoms with van der Waals surface area (Å²) < 4.78 is 2.00. The van der Waals surface area contributed by atoms with Crippen LogP contribution in [-0.4, -0.2) is 26.4 Å². The van der Waals surface area contributed by atoms with E-state index in [0.29, 0.717) is 21.0 Å². The highest BCUT2D eigenvalue weighted by molar-refractivity contribution is 7.99. The van der Waals surface area contributed by atoms with E-state index in [9.17, 15) is 4.79 Å². The fourth-order valence-electron chi connectivity index (χ4n) is 4.88. The lowest BCUT2D eigenvalue weighted by atomic mass is 9.88. The van der Waals surface area contributed by atoms with Gasteiger partial charge in [0, 0.05) is 10.6 Å². The van der Waals surface area contributed by atoms with Crippen molar-refractivity contribution in [3.63, 3.8) is 0 Å². The van der Waals surface area contributed by atoms with Crippen LogP contribution in [0.3, 0.4) is 0 Å². The van der Waals surface area contributed by atoms with Crippen LogP contribution in [0.15, 0.2) is 71.9 Å². The molecule has 0 spiro atoms. The summed E-state index contributed by atoms with van der Waals surface area (Å²) in [5.74, 6) is 1.10. The molecule has 3 aromatic carbocycles. The number of hydrogen-bond donors (Lipinski definition) is 1. The van der Waals surface area contributed by atoms with Crippen LogP contribution in [-0.2, 0) is 11.2 Å². The first-order valence-corrected chi connectivity index (χ1v) is 14.2. The highest BCUT2D eigenvalue weighted by Crippen LogP contribution is 2.36. The Kier molecular flexibility index (Phi) is 7.89. The van der Waals surface area contributed by atoms with Crippen LogP contribution in [0.4, 0.5) is 0 Å². The van der Waals surface area contributed by atoms with E-state index in [-0.39, 0.29) is 23.6 Å². The molecule has 4 aromatic rings. The maximum Gasteiger partial charge on any atom is 0.230 e. The normalized spacial score (nSPS) is 15.0. The lowest BCUT2D eigenvalue weighted by Gasteiger charge is -2.26. The Labute approximate surface area is 231 Å². The van der Waals surface area contributed by atoms with Gasteiger partial charge in [-0.3, -0.25) is 9.36 Å². The number of hydrogen-bond acceptors (Lipinski definition) is 4. The Bertz CT molecular complexity index is 1440. The van der Waals surface area contributed by atoms with Gasteiger partial charge in [0.15, 0.2) is 11.0 Å². The molecule has 1 unspecified atom stereocenters. The average molecular weight is 552 g/mol. The SMILES string of the molecule is CC(C)c1ccccc1-n1c(SCC(=O)NC2CCCc3ccccc32)nnc1-c1ccc(Cl)cc1Cl. The lowest BCUT2D eigenvalue weighted by molar-refractivity contribution is -0.119. The lowest BCUT2D eigenvalue weighted by Crippen LogP contribution is -2.32. The molecule has 1 N–H and O–H groups in total. The number of amides is 1. The molecule has 5 nitrogen and oxygen atoms in total. The van der Waals surface area contributed by atoms with E-state index in [0.717, 1.165) is 36.1 Å². The number of aryl methyl sites for hydroxylation is 1. The first-order chi connectivity index (χ1) is 17.9. The Balaban J connectivity index is 1.45. The number of para-hydroxylation sites is 1. The molecule has 0 saturated carbocycles. The third-order valence-corrected chi connectivity index (χ3v) is 8.12. The number of thioether (sulfide) groups is 1. The van der Waals surface area contributed by atoms with E-state index >= 15 is 0 Å². The molecule has 1 aromatic heterocycles. The predicted octanol–water partition coefficient (Wildman–Crippen LogP) is 7.65. The second-order valence-corrected chi connectivity index (χ2v) is 11.3. The average Bonchev–Trinajstić information content (AvgIpc) is 3.31. The van der Waals surface area contributed by atoms with E-state index in [1.807, 2.05) is 28.8 Å². The molecule has 1 aliphatic carbocycles. The van der Waals surface area contributed by atoms with Crippen molar-refractivity contribution in [1.82, 2.24) is 20.1 Å². The van der Waals surface area contributed by atoms with Crippen molar-refractivity contribution in [1.29, 1.82) is 0 Å². The number of rotatable bonds is 7. The van der Waals surface area contributed by atoms with E-state index in [1.165, 1.54) is 22.9 Å². The van der Waals surface area contributed by atoms with Crippen LogP contribution in [0, 0.1) is 0 Å². The molecule has 190 valence electrons. The number of carbonyl (C=O) groups excluding carboxylic acids is 1.